The van der Waals surface area contributed by atoms with Crippen LogP contribution in [0.2, 0.25) is 0 Å². The Morgan fingerprint density at radius 3 is 2.45 bits per heavy atom. The van der Waals surface area contributed by atoms with Gasteiger partial charge in [0.2, 0.25) is 0 Å². The van der Waals surface area contributed by atoms with E-state index in [-0.39, 0.29) is 5.91 Å². The van der Waals surface area contributed by atoms with E-state index < -0.39 is 0 Å². The van der Waals surface area contributed by atoms with E-state index in [0.717, 1.165) is 38.5 Å². The molecule has 3 aromatic heterocycles. The predicted molar refractivity (Wildman–Crippen MR) is 135 cm³/mol. The number of para-hydroxylation sites is 1. The minimum absolute atomic E-state index is 0.109. The molecule has 0 saturated heterocycles. The van der Waals surface area contributed by atoms with E-state index in [1.807, 2.05) is 90.4 Å². The molecule has 33 heavy (non-hydrogen) atoms. The second-order valence-electron chi connectivity index (χ2n) is 8.14. The van der Waals surface area contributed by atoms with Gasteiger partial charge in [-0.2, -0.15) is 5.10 Å². The molecule has 0 aliphatic rings. The van der Waals surface area contributed by atoms with Gasteiger partial charge < -0.3 is 14.8 Å². The number of aromatic nitrogens is 3. The van der Waals surface area contributed by atoms with Crippen LogP contribution in [0.25, 0.3) is 27.3 Å². The molecule has 1 amide bonds. The van der Waals surface area contributed by atoms with Crippen LogP contribution < -0.4 is 10.2 Å². The molecule has 6 nitrogen and oxygen atoms in total. The smallest absolute Gasteiger partial charge is 0.268 e. The van der Waals surface area contributed by atoms with Crippen LogP contribution in [0.15, 0.2) is 78.2 Å². The van der Waals surface area contributed by atoms with Crippen molar-refractivity contribution in [2.75, 3.05) is 19.0 Å². The Hall–Kier alpha value is -3.84. The van der Waals surface area contributed by atoms with E-state index in [4.69, 9.17) is 5.10 Å². The molecule has 7 heteroatoms. The van der Waals surface area contributed by atoms with Crippen LogP contribution in [0.3, 0.4) is 0 Å². The number of fused-ring (bicyclic) bond motifs is 1. The van der Waals surface area contributed by atoms with Crippen molar-refractivity contribution in [3.05, 3.63) is 89.4 Å². The first kappa shape index (κ1) is 21.0. The molecular formula is C26H25N5OS. The zero-order valence-corrected chi connectivity index (χ0v) is 19.6. The molecule has 5 rings (SSSR count). The first-order valence-electron chi connectivity index (χ1n) is 10.7. The van der Waals surface area contributed by atoms with Crippen molar-refractivity contribution in [1.82, 2.24) is 19.7 Å². The number of hydrogen-bond donors (Lipinski definition) is 1. The van der Waals surface area contributed by atoms with Gasteiger partial charge in [0.25, 0.3) is 5.91 Å². The number of carbonyl (C=O) groups excluding carboxylic acids is 1. The van der Waals surface area contributed by atoms with E-state index in [2.05, 4.69) is 28.4 Å². The Kier molecular flexibility index (Phi) is 5.48. The van der Waals surface area contributed by atoms with Crippen molar-refractivity contribution < 1.29 is 4.79 Å². The zero-order valence-electron chi connectivity index (χ0n) is 18.8. The average molecular weight is 456 g/mol. The summed E-state index contributed by atoms with van der Waals surface area (Å²) in [7, 11) is 5.94. The molecular weight excluding hydrogens is 430 g/mol. The summed E-state index contributed by atoms with van der Waals surface area (Å²) < 4.78 is 3.85. The molecule has 2 aromatic carbocycles. The molecule has 1 N–H and O–H groups in total. The Bertz CT molecular complexity index is 1400. The first-order chi connectivity index (χ1) is 16.0. The van der Waals surface area contributed by atoms with E-state index in [0.29, 0.717) is 12.2 Å². The maximum Gasteiger partial charge on any atom is 0.268 e. The first-order valence-corrected chi connectivity index (χ1v) is 11.6. The predicted octanol–water partition coefficient (Wildman–Crippen LogP) is 5.09. The van der Waals surface area contributed by atoms with Gasteiger partial charge in [-0.3, -0.25) is 4.79 Å². The second kappa shape index (κ2) is 8.60. The van der Waals surface area contributed by atoms with Gasteiger partial charge in [-0.05, 0) is 47.3 Å². The third kappa shape index (κ3) is 3.91. The van der Waals surface area contributed by atoms with Crippen LogP contribution in [-0.2, 0) is 13.6 Å². The van der Waals surface area contributed by atoms with Crippen molar-refractivity contribution >= 4 is 34.0 Å². The van der Waals surface area contributed by atoms with Crippen molar-refractivity contribution in [1.29, 1.82) is 0 Å². The van der Waals surface area contributed by atoms with Gasteiger partial charge in [0.1, 0.15) is 17.0 Å². The summed E-state index contributed by atoms with van der Waals surface area (Å²) in [4.78, 5) is 16.3. The molecule has 0 unspecified atom stereocenters. The van der Waals surface area contributed by atoms with Gasteiger partial charge in [0.05, 0.1) is 10.6 Å². The highest BCUT2D eigenvalue weighted by molar-refractivity contribution is 7.13. The monoisotopic (exact) mass is 455 g/mol. The van der Waals surface area contributed by atoms with Crippen molar-refractivity contribution in [2.45, 2.75) is 6.54 Å². The third-order valence-corrected chi connectivity index (χ3v) is 6.63. The lowest BCUT2D eigenvalue weighted by Crippen LogP contribution is -2.25. The van der Waals surface area contributed by atoms with E-state index in [1.54, 1.807) is 11.3 Å². The van der Waals surface area contributed by atoms with Crippen LogP contribution in [0.1, 0.15) is 16.1 Å². The van der Waals surface area contributed by atoms with Gasteiger partial charge in [-0.15, -0.1) is 11.3 Å². The van der Waals surface area contributed by atoms with Crippen molar-refractivity contribution in [3.8, 4) is 16.3 Å². The maximum atomic E-state index is 13.2. The second-order valence-corrected chi connectivity index (χ2v) is 9.09. The topological polar surface area (TPSA) is 55.1 Å². The molecule has 0 saturated carbocycles. The number of nitrogens with one attached hydrogen (secondary N) is 1. The highest BCUT2D eigenvalue weighted by Gasteiger charge is 2.22. The Labute approximate surface area is 196 Å². The van der Waals surface area contributed by atoms with Crippen LogP contribution in [0.5, 0.6) is 0 Å². The summed E-state index contributed by atoms with van der Waals surface area (Å²) in [6.45, 7) is 0.469. The highest BCUT2D eigenvalue weighted by Crippen LogP contribution is 2.34. The fraction of sp³-hybridized carbons (Fsp3) is 0.154. The molecule has 5 aromatic rings. The number of amides is 1. The van der Waals surface area contributed by atoms with Gasteiger partial charge in [0.15, 0.2) is 0 Å². The number of hydrogen-bond acceptors (Lipinski definition) is 4. The molecule has 166 valence electrons. The molecule has 0 fully saturated rings. The number of nitrogens with zero attached hydrogens (tertiary/aromatic N) is 4. The summed E-state index contributed by atoms with van der Waals surface area (Å²) in [5, 5.41) is 11.0. The third-order valence-electron chi connectivity index (χ3n) is 5.75. The Morgan fingerprint density at radius 1 is 1.03 bits per heavy atom. The van der Waals surface area contributed by atoms with Gasteiger partial charge in [-0.1, -0.05) is 36.4 Å². The quantitative estimate of drug-likeness (QED) is 0.388. The van der Waals surface area contributed by atoms with Gasteiger partial charge >= 0.3 is 0 Å². The summed E-state index contributed by atoms with van der Waals surface area (Å²) in [6, 6.07) is 24.2. The van der Waals surface area contributed by atoms with Crippen molar-refractivity contribution in [3.63, 3.8) is 0 Å². The summed E-state index contributed by atoms with van der Waals surface area (Å²) in [5.74, 6) is -0.109. The molecule has 3 heterocycles. The minimum Gasteiger partial charge on any atom is -0.378 e. The number of aryl methyl sites for hydroxylation is 1. The van der Waals surface area contributed by atoms with Crippen LogP contribution in [-0.4, -0.2) is 34.4 Å². The largest absolute Gasteiger partial charge is 0.378 e. The lowest BCUT2D eigenvalue weighted by Gasteiger charge is -2.13. The standard InChI is InChI=1S/C26H25N5OS/c1-29(2)19-13-11-18(12-14-19)17-27-25(32)22-16-21-24(23-10-7-15-33-23)28-31(26(21)30(22)3)20-8-5-4-6-9-20/h4-16H,17H2,1-3H3,(H,27,32). The SMILES string of the molecule is CN(C)c1ccc(CNC(=O)c2cc3c(-c4cccs4)nn(-c4ccccc4)c3n2C)cc1. The van der Waals surface area contributed by atoms with Crippen molar-refractivity contribution in [2.24, 2.45) is 7.05 Å². The fourth-order valence-electron chi connectivity index (χ4n) is 3.97. The molecule has 0 aliphatic carbocycles. The summed E-state index contributed by atoms with van der Waals surface area (Å²) in [6.07, 6.45) is 0. The molecule has 0 bridgehead atoms. The number of anilines is 1. The highest BCUT2D eigenvalue weighted by atomic mass is 32.1. The van der Waals surface area contributed by atoms with E-state index in [9.17, 15) is 4.79 Å². The molecule has 0 spiro atoms. The van der Waals surface area contributed by atoms with E-state index >= 15 is 0 Å². The average Bonchev–Trinajstić information content (AvgIpc) is 3.56. The number of carbonyl (C=O) groups is 1. The normalized spacial score (nSPS) is 11.1. The number of benzene rings is 2. The maximum absolute atomic E-state index is 13.2. The minimum atomic E-state index is -0.109. The van der Waals surface area contributed by atoms with Crippen LogP contribution >= 0.6 is 11.3 Å². The van der Waals surface area contributed by atoms with E-state index in [1.165, 1.54) is 0 Å². The zero-order chi connectivity index (χ0) is 22.9. The van der Waals surface area contributed by atoms with Gasteiger partial charge in [-0.25, -0.2) is 4.68 Å². The molecule has 0 aliphatic heterocycles. The molecule has 0 atom stereocenters. The summed E-state index contributed by atoms with van der Waals surface area (Å²) in [5.41, 5.74) is 5.53. The Balaban J connectivity index is 1.50. The molecule has 0 radical (unpaired) electrons. The summed E-state index contributed by atoms with van der Waals surface area (Å²) >= 11 is 1.64. The lowest BCUT2D eigenvalue weighted by molar-refractivity contribution is 0.0943. The Morgan fingerprint density at radius 2 is 1.79 bits per heavy atom. The van der Waals surface area contributed by atoms with Crippen LogP contribution in [0, 0.1) is 0 Å². The number of rotatable bonds is 6. The van der Waals surface area contributed by atoms with Crippen LogP contribution in [0.4, 0.5) is 5.69 Å². The number of thiophene rings is 1. The fourth-order valence-corrected chi connectivity index (χ4v) is 4.70. The lowest BCUT2D eigenvalue weighted by atomic mass is 10.2. The van der Waals surface area contributed by atoms with Gasteiger partial charge in [0, 0.05) is 38.8 Å².